The van der Waals surface area contributed by atoms with Crippen molar-refractivity contribution < 1.29 is 42.1 Å². The SMILES string of the molecule is CCCCC/C=C/C/C=C/CCCCCCCCCCCC(=O)OC[C@H](COP(=O)([O-])OCC[N+](C)(C)C)OC(=O)CCCCCCCCC/C=C/CCCCCCCC. The fourth-order valence-electron chi connectivity index (χ4n) is 6.74. The van der Waals surface area contributed by atoms with Crippen molar-refractivity contribution >= 4 is 19.8 Å². The average molecular weight is 868 g/mol. The highest BCUT2D eigenvalue weighted by molar-refractivity contribution is 7.45. The maximum atomic E-state index is 12.7. The summed E-state index contributed by atoms with van der Waals surface area (Å²) in [6.45, 7) is 4.21. The molecule has 0 radical (unpaired) electrons. The van der Waals surface area contributed by atoms with Crippen molar-refractivity contribution in [2.75, 3.05) is 47.5 Å². The van der Waals surface area contributed by atoms with E-state index in [9.17, 15) is 19.0 Å². The van der Waals surface area contributed by atoms with Gasteiger partial charge in [-0.1, -0.05) is 172 Å². The Balaban J connectivity index is 4.28. The molecule has 0 spiro atoms. The summed E-state index contributed by atoms with van der Waals surface area (Å²) in [6, 6.07) is 0. The monoisotopic (exact) mass is 868 g/mol. The van der Waals surface area contributed by atoms with Gasteiger partial charge < -0.3 is 27.9 Å². The molecule has 0 aliphatic carbocycles. The molecule has 0 amide bonds. The largest absolute Gasteiger partial charge is 0.756 e. The van der Waals surface area contributed by atoms with Crippen molar-refractivity contribution in [3.8, 4) is 0 Å². The van der Waals surface area contributed by atoms with Gasteiger partial charge in [0.2, 0.25) is 0 Å². The van der Waals surface area contributed by atoms with Crippen LogP contribution >= 0.6 is 7.82 Å². The first-order valence-electron chi connectivity index (χ1n) is 24.7. The third-order valence-electron chi connectivity index (χ3n) is 10.6. The van der Waals surface area contributed by atoms with Gasteiger partial charge in [-0.3, -0.25) is 14.2 Å². The summed E-state index contributed by atoms with van der Waals surface area (Å²) in [4.78, 5) is 37.7. The van der Waals surface area contributed by atoms with E-state index in [0.717, 1.165) is 57.8 Å². The Bertz CT molecular complexity index is 1120. The van der Waals surface area contributed by atoms with Crippen LogP contribution in [0.1, 0.15) is 219 Å². The van der Waals surface area contributed by atoms with Gasteiger partial charge in [-0.15, -0.1) is 0 Å². The Morgan fingerprint density at radius 3 is 1.37 bits per heavy atom. The van der Waals surface area contributed by atoms with Crippen molar-refractivity contribution in [3.63, 3.8) is 0 Å². The minimum absolute atomic E-state index is 0.0321. The van der Waals surface area contributed by atoms with Crippen LogP contribution in [0.15, 0.2) is 36.5 Å². The van der Waals surface area contributed by atoms with Crippen molar-refractivity contribution in [1.29, 1.82) is 0 Å². The molecular weight excluding hydrogens is 774 g/mol. The lowest BCUT2D eigenvalue weighted by Crippen LogP contribution is -2.37. The number of phosphoric acid groups is 1. The molecule has 1 unspecified atom stereocenters. The number of esters is 2. The number of unbranched alkanes of at least 4 members (excludes halogenated alkanes) is 25. The smallest absolute Gasteiger partial charge is 0.306 e. The second-order valence-electron chi connectivity index (χ2n) is 17.8. The van der Waals surface area contributed by atoms with E-state index in [-0.39, 0.29) is 32.0 Å². The number of hydrogen-bond donors (Lipinski definition) is 0. The molecule has 10 heteroatoms. The van der Waals surface area contributed by atoms with E-state index in [0.29, 0.717) is 17.4 Å². The van der Waals surface area contributed by atoms with Crippen LogP contribution < -0.4 is 4.89 Å². The third-order valence-corrected chi connectivity index (χ3v) is 11.6. The van der Waals surface area contributed by atoms with Gasteiger partial charge in [0.15, 0.2) is 6.10 Å². The van der Waals surface area contributed by atoms with Gasteiger partial charge in [-0.25, -0.2) is 0 Å². The maximum Gasteiger partial charge on any atom is 0.306 e. The summed E-state index contributed by atoms with van der Waals surface area (Å²) < 4.78 is 34.0. The zero-order chi connectivity index (χ0) is 44.3. The number of carbonyl (C=O) groups excluding carboxylic acids is 2. The Labute approximate surface area is 370 Å². The maximum absolute atomic E-state index is 12.7. The minimum Gasteiger partial charge on any atom is -0.756 e. The molecule has 0 heterocycles. The molecule has 0 bridgehead atoms. The number of quaternary nitrogens is 1. The predicted molar refractivity (Wildman–Crippen MR) is 250 cm³/mol. The van der Waals surface area contributed by atoms with Gasteiger partial charge in [0.1, 0.15) is 19.8 Å². The molecule has 2 atom stereocenters. The van der Waals surface area contributed by atoms with Crippen LogP contribution in [-0.4, -0.2) is 70.0 Å². The Kier molecular flexibility index (Phi) is 41.3. The number of hydrogen-bond acceptors (Lipinski definition) is 8. The number of phosphoric ester groups is 1. The Morgan fingerprint density at radius 1 is 0.517 bits per heavy atom. The van der Waals surface area contributed by atoms with Gasteiger partial charge in [0.05, 0.1) is 27.7 Å². The third kappa shape index (κ3) is 45.7. The summed E-state index contributed by atoms with van der Waals surface area (Å²) in [5.74, 6) is -0.839. The van der Waals surface area contributed by atoms with E-state index in [1.807, 2.05) is 21.1 Å². The molecule has 0 aromatic rings. The molecular formula is C50H94NO8P. The number of allylic oxidation sites excluding steroid dienone is 6. The van der Waals surface area contributed by atoms with Crippen LogP contribution in [0.25, 0.3) is 0 Å². The Hall–Kier alpha value is -1.77. The second-order valence-corrected chi connectivity index (χ2v) is 19.2. The molecule has 0 aromatic heterocycles. The molecule has 0 saturated carbocycles. The first-order valence-corrected chi connectivity index (χ1v) is 26.2. The number of carbonyl (C=O) groups is 2. The van der Waals surface area contributed by atoms with E-state index in [1.165, 1.54) is 128 Å². The van der Waals surface area contributed by atoms with Crippen LogP contribution in [0.5, 0.6) is 0 Å². The van der Waals surface area contributed by atoms with Crippen molar-refractivity contribution in [2.24, 2.45) is 0 Å². The molecule has 0 aromatic carbocycles. The number of likely N-dealkylation sites (N-methyl/N-ethyl adjacent to an activating group) is 1. The molecule has 0 aliphatic heterocycles. The van der Waals surface area contributed by atoms with Gasteiger partial charge in [-0.2, -0.15) is 0 Å². The summed E-state index contributed by atoms with van der Waals surface area (Å²) in [7, 11) is 1.16. The van der Waals surface area contributed by atoms with Gasteiger partial charge >= 0.3 is 11.9 Å². The summed E-state index contributed by atoms with van der Waals surface area (Å²) >= 11 is 0. The van der Waals surface area contributed by atoms with E-state index >= 15 is 0 Å². The van der Waals surface area contributed by atoms with E-state index in [2.05, 4.69) is 50.3 Å². The van der Waals surface area contributed by atoms with Crippen LogP contribution in [0.2, 0.25) is 0 Å². The lowest BCUT2D eigenvalue weighted by atomic mass is 10.1. The second kappa shape index (κ2) is 42.5. The van der Waals surface area contributed by atoms with E-state index < -0.39 is 26.5 Å². The number of nitrogens with zero attached hydrogens (tertiary/aromatic N) is 1. The Morgan fingerprint density at radius 2 is 0.900 bits per heavy atom. The number of rotatable bonds is 45. The highest BCUT2D eigenvalue weighted by atomic mass is 31.2. The molecule has 0 N–H and O–H groups in total. The average Bonchev–Trinajstić information content (AvgIpc) is 3.20. The quantitative estimate of drug-likeness (QED) is 0.0196. The summed E-state index contributed by atoms with van der Waals surface area (Å²) in [6.07, 6.45) is 48.8. The minimum atomic E-state index is -4.63. The molecule has 0 saturated heterocycles. The van der Waals surface area contributed by atoms with Gasteiger partial charge in [0.25, 0.3) is 7.82 Å². The zero-order valence-electron chi connectivity index (χ0n) is 39.7. The summed E-state index contributed by atoms with van der Waals surface area (Å²) in [5.41, 5.74) is 0. The summed E-state index contributed by atoms with van der Waals surface area (Å²) in [5, 5.41) is 0. The number of ether oxygens (including phenoxy) is 2. The molecule has 0 fully saturated rings. The van der Waals surface area contributed by atoms with E-state index in [1.54, 1.807) is 0 Å². The van der Waals surface area contributed by atoms with Crippen molar-refractivity contribution in [1.82, 2.24) is 0 Å². The topological polar surface area (TPSA) is 111 Å². The lowest BCUT2D eigenvalue weighted by molar-refractivity contribution is -0.870. The standard InChI is InChI=1S/C50H94NO8P/c1-6-8-10-12-14-16-18-20-22-24-25-27-28-30-32-34-36-38-40-42-49(52)56-46-48(47-58-60(54,55)57-45-44-51(3,4)5)59-50(53)43-41-39-37-35-33-31-29-26-23-21-19-17-15-13-11-9-7-2/h14,16,20-23,48H,6-13,15,17-19,24-47H2,1-5H3/b16-14+,22-20+,23-21+/t48-/m1/s1. The fourth-order valence-corrected chi connectivity index (χ4v) is 7.47. The molecule has 9 nitrogen and oxygen atoms in total. The first kappa shape index (κ1) is 58.2. The highest BCUT2D eigenvalue weighted by Crippen LogP contribution is 2.38. The molecule has 0 aliphatic rings. The van der Waals surface area contributed by atoms with Crippen LogP contribution in [0.4, 0.5) is 0 Å². The van der Waals surface area contributed by atoms with Crippen LogP contribution in [0, 0.1) is 0 Å². The predicted octanol–water partition coefficient (Wildman–Crippen LogP) is 13.8. The van der Waals surface area contributed by atoms with Crippen molar-refractivity contribution in [2.45, 2.75) is 225 Å². The highest BCUT2D eigenvalue weighted by Gasteiger charge is 2.21. The zero-order valence-corrected chi connectivity index (χ0v) is 40.6. The van der Waals surface area contributed by atoms with Crippen LogP contribution in [0.3, 0.4) is 0 Å². The molecule has 60 heavy (non-hydrogen) atoms. The van der Waals surface area contributed by atoms with Crippen molar-refractivity contribution in [3.05, 3.63) is 36.5 Å². The van der Waals surface area contributed by atoms with E-state index in [4.69, 9.17) is 18.5 Å². The molecule has 352 valence electrons. The van der Waals surface area contributed by atoms with Crippen LogP contribution in [-0.2, 0) is 32.7 Å². The van der Waals surface area contributed by atoms with Gasteiger partial charge in [-0.05, 0) is 70.6 Å². The molecule has 0 rings (SSSR count). The lowest BCUT2D eigenvalue weighted by Gasteiger charge is -2.28. The van der Waals surface area contributed by atoms with Gasteiger partial charge in [0, 0.05) is 12.8 Å². The first-order chi connectivity index (χ1) is 29.0. The fraction of sp³-hybridized carbons (Fsp3) is 0.840. The normalized spacial score (nSPS) is 13.8.